The summed E-state index contributed by atoms with van der Waals surface area (Å²) in [7, 11) is 1.66. The van der Waals surface area contributed by atoms with Crippen molar-refractivity contribution >= 4 is 5.91 Å². The van der Waals surface area contributed by atoms with Crippen LogP contribution >= 0.6 is 0 Å². The first-order valence-electron chi connectivity index (χ1n) is 6.28. The van der Waals surface area contributed by atoms with Crippen LogP contribution in [0, 0.1) is 5.92 Å². The topological polar surface area (TPSA) is 53.2 Å². The molecular formula is C14H17N3O. The molecule has 4 nitrogen and oxygen atoms in total. The van der Waals surface area contributed by atoms with Gasteiger partial charge in [-0.15, -0.1) is 0 Å². The van der Waals surface area contributed by atoms with Gasteiger partial charge in [-0.3, -0.25) is 10.1 Å². The Morgan fingerprint density at radius 3 is 3.11 bits per heavy atom. The van der Waals surface area contributed by atoms with Crippen molar-refractivity contribution in [3.8, 4) is 0 Å². The second-order valence-electron chi connectivity index (χ2n) is 4.78. The minimum atomic E-state index is -0.00653. The van der Waals surface area contributed by atoms with Crippen LogP contribution in [0.25, 0.3) is 0 Å². The molecule has 1 amide bonds. The molecule has 3 atom stereocenters. The van der Waals surface area contributed by atoms with Gasteiger partial charge < -0.3 is 10.6 Å². The smallest absolute Gasteiger partial charge is 0.223 e. The predicted molar refractivity (Wildman–Crippen MR) is 70.5 cm³/mol. The van der Waals surface area contributed by atoms with E-state index in [1.54, 1.807) is 7.05 Å². The summed E-state index contributed by atoms with van der Waals surface area (Å²) in [6.07, 6.45) is 13.1. The highest BCUT2D eigenvalue weighted by atomic mass is 16.1. The van der Waals surface area contributed by atoms with Crippen LogP contribution in [0.15, 0.2) is 47.7 Å². The second-order valence-corrected chi connectivity index (χ2v) is 4.78. The van der Waals surface area contributed by atoms with Crippen molar-refractivity contribution in [1.82, 2.24) is 16.0 Å². The van der Waals surface area contributed by atoms with Crippen LogP contribution in [0.5, 0.6) is 0 Å². The van der Waals surface area contributed by atoms with E-state index in [-0.39, 0.29) is 18.1 Å². The maximum atomic E-state index is 11.5. The lowest BCUT2D eigenvalue weighted by Gasteiger charge is -2.42. The highest BCUT2D eigenvalue weighted by molar-refractivity contribution is 5.76. The van der Waals surface area contributed by atoms with E-state index in [0.717, 1.165) is 0 Å². The Labute approximate surface area is 107 Å². The minimum Gasteiger partial charge on any atom is -0.372 e. The summed E-state index contributed by atoms with van der Waals surface area (Å²) >= 11 is 0. The molecule has 0 aromatic carbocycles. The molecule has 3 rings (SSSR count). The van der Waals surface area contributed by atoms with Crippen LogP contribution in [0.3, 0.4) is 0 Å². The number of allylic oxidation sites excluding steroid dienone is 5. The maximum Gasteiger partial charge on any atom is 0.223 e. The number of nitrogens with one attached hydrogen (secondary N) is 3. The summed E-state index contributed by atoms with van der Waals surface area (Å²) in [4.78, 5) is 11.5. The van der Waals surface area contributed by atoms with E-state index in [4.69, 9.17) is 0 Å². The molecule has 0 spiro atoms. The molecule has 0 saturated carbocycles. The van der Waals surface area contributed by atoms with Crippen LogP contribution in [0.1, 0.15) is 6.42 Å². The molecule has 3 unspecified atom stereocenters. The summed E-state index contributed by atoms with van der Waals surface area (Å²) in [5.74, 6) is 0.405. The quantitative estimate of drug-likeness (QED) is 0.665. The zero-order valence-electron chi connectivity index (χ0n) is 10.3. The summed E-state index contributed by atoms with van der Waals surface area (Å²) in [5, 5.41) is 9.55. The number of carbonyl (C=O) groups excluding carboxylic acids is 1. The standard InChI is InChI=1S/C14H17N3O/c1-15-13(18)8-12-16-10-6-2-4-9-5-3-7-11(17-12)14(9)10/h2-7,10,12,14,16-17H,8H2,1H3,(H,15,18). The molecule has 0 aromatic rings. The number of hydrogen-bond donors (Lipinski definition) is 3. The summed E-state index contributed by atoms with van der Waals surface area (Å²) in [6, 6.07) is 0.275. The van der Waals surface area contributed by atoms with Crippen molar-refractivity contribution in [2.24, 2.45) is 5.92 Å². The van der Waals surface area contributed by atoms with Crippen molar-refractivity contribution in [3.05, 3.63) is 47.7 Å². The lowest BCUT2D eigenvalue weighted by molar-refractivity contribution is -0.121. The Balaban J connectivity index is 1.81. The molecule has 1 heterocycles. The molecule has 3 aliphatic rings. The molecule has 0 bridgehead atoms. The van der Waals surface area contributed by atoms with Gasteiger partial charge in [0.15, 0.2) is 0 Å². The van der Waals surface area contributed by atoms with Crippen LogP contribution in [-0.4, -0.2) is 25.2 Å². The van der Waals surface area contributed by atoms with E-state index in [1.807, 2.05) is 0 Å². The Hall–Kier alpha value is -1.81. The molecule has 1 aliphatic heterocycles. The Bertz CT molecular complexity index is 487. The van der Waals surface area contributed by atoms with Crippen molar-refractivity contribution < 1.29 is 4.79 Å². The fourth-order valence-electron chi connectivity index (χ4n) is 2.77. The third-order valence-electron chi connectivity index (χ3n) is 3.63. The second kappa shape index (κ2) is 4.46. The summed E-state index contributed by atoms with van der Waals surface area (Å²) < 4.78 is 0. The van der Waals surface area contributed by atoms with Gasteiger partial charge in [-0.25, -0.2) is 0 Å². The van der Waals surface area contributed by atoms with Gasteiger partial charge in [-0.05, 0) is 11.6 Å². The molecule has 3 N–H and O–H groups in total. The van der Waals surface area contributed by atoms with Crippen molar-refractivity contribution in [1.29, 1.82) is 0 Å². The monoisotopic (exact) mass is 243 g/mol. The van der Waals surface area contributed by atoms with E-state index in [2.05, 4.69) is 52.4 Å². The third kappa shape index (κ3) is 1.88. The number of amides is 1. The zero-order valence-corrected chi connectivity index (χ0v) is 10.3. The fourth-order valence-corrected chi connectivity index (χ4v) is 2.77. The molecule has 1 saturated heterocycles. The molecule has 1 fully saturated rings. The third-order valence-corrected chi connectivity index (χ3v) is 3.63. The minimum absolute atomic E-state index is 0.00653. The van der Waals surface area contributed by atoms with Crippen LogP contribution in [0.4, 0.5) is 0 Å². The van der Waals surface area contributed by atoms with E-state index in [9.17, 15) is 4.79 Å². The lowest BCUT2D eigenvalue weighted by atomic mass is 9.80. The molecule has 94 valence electrons. The van der Waals surface area contributed by atoms with Gasteiger partial charge in [0.2, 0.25) is 5.91 Å². The van der Waals surface area contributed by atoms with Crippen LogP contribution < -0.4 is 16.0 Å². The first kappa shape index (κ1) is 11.3. The van der Waals surface area contributed by atoms with Gasteiger partial charge in [0, 0.05) is 24.7 Å². The van der Waals surface area contributed by atoms with Crippen molar-refractivity contribution in [3.63, 3.8) is 0 Å². The van der Waals surface area contributed by atoms with Crippen LogP contribution in [0.2, 0.25) is 0 Å². The summed E-state index contributed by atoms with van der Waals surface area (Å²) in [6.45, 7) is 0. The maximum absolute atomic E-state index is 11.5. The average Bonchev–Trinajstić information content (AvgIpc) is 2.39. The normalized spacial score (nSPS) is 31.9. The Morgan fingerprint density at radius 1 is 1.39 bits per heavy atom. The molecule has 4 heteroatoms. The first-order valence-corrected chi connectivity index (χ1v) is 6.28. The van der Waals surface area contributed by atoms with Gasteiger partial charge in [-0.1, -0.05) is 30.4 Å². The van der Waals surface area contributed by atoms with Gasteiger partial charge in [-0.2, -0.15) is 0 Å². The van der Waals surface area contributed by atoms with E-state index >= 15 is 0 Å². The zero-order chi connectivity index (χ0) is 12.5. The predicted octanol–water partition coefficient (Wildman–Crippen LogP) is 0.576. The summed E-state index contributed by atoms with van der Waals surface area (Å²) in [5.41, 5.74) is 2.52. The fraction of sp³-hybridized carbons (Fsp3) is 0.357. The SMILES string of the molecule is CNC(=O)CC1NC2=CC=CC3=CC=CC(N1)C32. The van der Waals surface area contributed by atoms with Crippen molar-refractivity contribution in [2.75, 3.05) is 7.05 Å². The highest BCUT2D eigenvalue weighted by Gasteiger charge is 2.35. The average molecular weight is 243 g/mol. The van der Waals surface area contributed by atoms with E-state index in [0.29, 0.717) is 12.3 Å². The Morgan fingerprint density at radius 2 is 2.28 bits per heavy atom. The lowest BCUT2D eigenvalue weighted by Crippen LogP contribution is -2.58. The molecule has 0 radical (unpaired) electrons. The molecular weight excluding hydrogens is 226 g/mol. The van der Waals surface area contributed by atoms with Gasteiger partial charge >= 0.3 is 0 Å². The Kier molecular flexibility index (Phi) is 2.80. The highest BCUT2D eigenvalue weighted by Crippen LogP contribution is 2.33. The molecule has 18 heavy (non-hydrogen) atoms. The number of rotatable bonds is 2. The van der Waals surface area contributed by atoms with Crippen LogP contribution in [-0.2, 0) is 4.79 Å². The number of hydrogen-bond acceptors (Lipinski definition) is 3. The molecule has 2 aliphatic carbocycles. The van der Waals surface area contributed by atoms with E-state index in [1.165, 1.54) is 11.3 Å². The van der Waals surface area contributed by atoms with E-state index < -0.39 is 0 Å². The number of carbonyl (C=O) groups is 1. The van der Waals surface area contributed by atoms with Gasteiger partial charge in [0.1, 0.15) is 0 Å². The largest absolute Gasteiger partial charge is 0.372 e. The first-order chi connectivity index (χ1) is 8.78. The van der Waals surface area contributed by atoms with Gasteiger partial charge in [0.25, 0.3) is 0 Å². The van der Waals surface area contributed by atoms with Crippen molar-refractivity contribution in [2.45, 2.75) is 18.6 Å². The van der Waals surface area contributed by atoms with Gasteiger partial charge in [0.05, 0.1) is 12.6 Å². The molecule has 0 aromatic heterocycles.